The summed E-state index contributed by atoms with van der Waals surface area (Å²) in [7, 11) is 0. The maximum Gasteiger partial charge on any atom is 0.0667 e. The van der Waals surface area contributed by atoms with Gasteiger partial charge in [0.05, 0.1) is 6.10 Å². The molecule has 1 N–H and O–H groups in total. The first-order valence-electron chi connectivity index (χ1n) is 3.95. The van der Waals surface area contributed by atoms with Crippen LogP contribution in [0.15, 0.2) is 11.5 Å². The van der Waals surface area contributed by atoms with Crippen molar-refractivity contribution < 1.29 is 5.11 Å². The second kappa shape index (κ2) is 3.04. The highest BCUT2D eigenvalue weighted by molar-refractivity contribution is 8.03. The molecule has 4 atom stereocenters. The quantitative estimate of drug-likeness (QED) is 0.564. The summed E-state index contributed by atoms with van der Waals surface area (Å²) in [6, 6.07) is 0. The lowest BCUT2D eigenvalue weighted by Crippen LogP contribution is -2.35. The number of rotatable bonds is 0. The molecule has 1 aliphatic heterocycles. The Morgan fingerprint density at radius 3 is 3.09 bits per heavy atom. The second-order valence-electron chi connectivity index (χ2n) is 3.27. The molecule has 0 aromatic rings. The van der Waals surface area contributed by atoms with Gasteiger partial charge in [0, 0.05) is 10.5 Å². The zero-order valence-electron chi connectivity index (χ0n) is 6.18. The lowest BCUT2D eigenvalue weighted by molar-refractivity contribution is 0.130. The monoisotopic (exact) mass is 188 g/mol. The van der Waals surface area contributed by atoms with Crippen molar-refractivity contribution in [1.29, 1.82) is 0 Å². The first-order chi connectivity index (χ1) is 5.27. The van der Waals surface area contributed by atoms with Crippen LogP contribution in [0, 0.1) is 5.92 Å². The van der Waals surface area contributed by atoms with Crippen LogP contribution in [0.25, 0.3) is 0 Å². The van der Waals surface area contributed by atoms with E-state index in [1.165, 1.54) is 0 Å². The summed E-state index contributed by atoms with van der Waals surface area (Å²) in [6.07, 6.45) is 4.02. The number of thioether (sulfide) groups is 1. The van der Waals surface area contributed by atoms with Crippen LogP contribution < -0.4 is 0 Å². The summed E-state index contributed by atoms with van der Waals surface area (Å²) in [6.45, 7) is 0. The molecule has 2 unspecified atom stereocenters. The van der Waals surface area contributed by atoms with Gasteiger partial charge in [-0.1, -0.05) is 6.08 Å². The van der Waals surface area contributed by atoms with Crippen molar-refractivity contribution in [1.82, 2.24) is 0 Å². The van der Waals surface area contributed by atoms with E-state index in [2.05, 4.69) is 24.1 Å². The fourth-order valence-corrected chi connectivity index (χ4v) is 3.34. The van der Waals surface area contributed by atoms with Crippen LogP contribution in [0.5, 0.6) is 0 Å². The van der Waals surface area contributed by atoms with E-state index in [9.17, 15) is 5.11 Å². The fourth-order valence-electron chi connectivity index (χ4n) is 1.76. The molecule has 1 nitrogen and oxygen atoms in total. The number of fused-ring (bicyclic) bond motifs is 1. The predicted molar refractivity (Wildman–Crippen MR) is 52.0 cm³/mol. The third kappa shape index (κ3) is 1.46. The highest BCUT2D eigenvalue weighted by Gasteiger charge is 2.35. The molecule has 0 amide bonds. The molecule has 1 fully saturated rings. The molecule has 3 heteroatoms. The summed E-state index contributed by atoms with van der Waals surface area (Å²) in [5.74, 6) is 0.672. The molecule has 0 bridgehead atoms. The molecule has 62 valence electrons. The summed E-state index contributed by atoms with van der Waals surface area (Å²) >= 11 is 6.20. The van der Waals surface area contributed by atoms with Crippen molar-refractivity contribution in [3.05, 3.63) is 11.5 Å². The minimum absolute atomic E-state index is 0.188. The minimum atomic E-state index is -0.188. The Labute approximate surface area is 76.7 Å². The van der Waals surface area contributed by atoms with Gasteiger partial charge in [0.25, 0.3) is 0 Å². The number of thiol groups is 1. The molecule has 0 saturated heterocycles. The van der Waals surface area contributed by atoms with Crippen molar-refractivity contribution in [2.24, 2.45) is 5.92 Å². The van der Waals surface area contributed by atoms with E-state index >= 15 is 0 Å². The molecular formula is C8H12OS2. The van der Waals surface area contributed by atoms with E-state index in [0.717, 1.165) is 12.8 Å². The van der Waals surface area contributed by atoms with Gasteiger partial charge in [-0.3, -0.25) is 0 Å². The van der Waals surface area contributed by atoms with E-state index in [1.54, 1.807) is 0 Å². The van der Waals surface area contributed by atoms with Crippen molar-refractivity contribution in [2.45, 2.75) is 29.4 Å². The van der Waals surface area contributed by atoms with Crippen LogP contribution in [-0.4, -0.2) is 21.7 Å². The molecule has 0 radical (unpaired) electrons. The molecule has 11 heavy (non-hydrogen) atoms. The van der Waals surface area contributed by atoms with E-state index in [-0.39, 0.29) is 11.4 Å². The molecule has 0 aromatic heterocycles. The Kier molecular flexibility index (Phi) is 2.21. The van der Waals surface area contributed by atoms with E-state index in [0.29, 0.717) is 11.2 Å². The molecule has 2 rings (SSSR count). The highest BCUT2D eigenvalue weighted by Crippen LogP contribution is 2.41. The number of allylic oxidation sites excluding steroid dienone is 1. The van der Waals surface area contributed by atoms with Gasteiger partial charge in [0.15, 0.2) is 0 Å². The Morgan fingerprint density at radius 2 is 2.27 bits per heavy atom. The average molecular weight is 188 g/mol. The Morgan fingerprint density at radius 1 is 1.45 bits per heavy atom. The van der Waals surface area contributed by atoms with Crippen LogP contribution in [0.2, 0.25) is 0 Å². The number of aliphatic hydroxyl groups is 1. The van der Waals surface area contributed by atoms with Gasteiger partial charge in [0.1, 0.15) is 0 Å². The largest absolute Gasteiger partial charge is 0.392 e. The fraction of sp³-hybridized carbons (Fsp3) is 0.750. The summed E-state index contributed by atoms with van der Waals surface area (Å²) in [5, 5.41) is 12.5. The molecule has 1 heterocycles. The molecular weight excluding hydrogens is 176 g/mol. The topological polar surface area (TPSA) is 20.2 Å². The van der Waals surface area contributed by atoms with Crippen LogP contribution in [0.4, 0.5) is 0 Å². The molecule has 1 aliphatic carbocycles. The van der Waals surface area contributed by atoms with Gasteiger partial charge in [-0.25, -0.2) is 0 Å². The zero-order chi connectivity index (χ0) is 7.84. The van der Waals surface area contributed by atoms with Crippen molar-refractivity contribution in [2.75, 3.05) is 0 Å². The van der Waals surface area contributed by atoms with Crippen LogP contribution in [0.3, 0.4) is 0 Å². The van der Waals surface area contributed by atoms with E-state index < -0.39 is 0 Å². The van der Waals surface area contributed by atoms with Gasteiger partial charge >= 0.3 is 0 Å². The normalized spacial score (nSPS) is 49.3. The number of hydrogen-bond donors (Lipinski definition) is 2. The van der Waals surface area contributed by atoms with E-state index in [4.69, 9.17) is 0 Å². The third-order valence-corrected chi connectivity index (χ3v) is 4.25. The summed E-state index contributed by atoms with van der Waals surface area (Å²) in [4.78, 5) is 0. The predicted octanol–water partition coefficient (Wildman–Crippen LogP) is 1.68. The summed E-state index contributed by atoms with van der Waals surface area (Å²) < 4.78 is 0. The summed E-state index contributed by atoms with van der Waals surface area (Å²) in [5.41, 5.74) is 0. The maximum atomic E-state index is 9.51. The van der Waals surface area contributed by atoms with Crippen molar-refractivity contribution >= 4 is 24.4 Å². The Bertz CT molecular complexity index is 181. The Balaban J connectivity index is 2.04. The van der Waals surface area contributed by atoms with Gasteiger partial charge in [-0.05, 0) is 24.2 Å². The number of aliphatic hydroxyl groups excluding tert-OH is 1. The smallest absolute Gasteiger partial charge is 0.0667 e. The minimum Gasteiger partial charge on any atom is -0.392 e. The molecule has 0 aromatic carbocycles. The van der Waals surface area contributed by atoms with Crippen molar-refractivity contribution in [3.8, 4) is 0 Å². The first kappa shape index (κ1) is 8.02. The lowest BCUT2D eigenvalue weighted by Gasteiger charge is -2.32. The zero-order valence-corrected chi connectivity index (χ0v) is 7.89. The number of hydrogen-bond acceptors (Lipinski definition) is 3. The average Bonchev–Trinajstić information content (AvgIpc) is 2.36. The molecule has 2 aliphatic rings. The SMILES string of the molecule is OC1C[C@@H]2SC=CC2C[C@@H]1S. The molecule has 0 spiro atoms. The lowest BCUT2D eigenvalue weighted by atomic mass is 9.87. The highest BCUT2D eigenvalue weighted by atomic mass is 32.2. The van der Waals surface area contributed by atoms with Crippen LogP contribution >= 0.6 is 24.4 Å². The third-order valence-electron chi connectivity index (χ3n) is 2.49. The van der Waals surface area contributed by atoms with Gasteiger partial charge < -0.3 is 5.11 Å². The first-order valence-corrected chi connectivity index (χ1v) is 5.41. The standard InChI is InChI=1S/C8H12OS2/c9-6-4-8-5(1-2-11-8)3-7(6)10/h1-2,5-10H,3-4H2/t5?,6?,7-,8-/m0/s1. The second-order valence-corrected chi connectivity index (χ2v) is 5.09. The van der Waals surface area contributed by atoms with Crippen LogP contribution in [-0.2, 0) is 0 Å². The maximum absolute atomic E-state index is 9.51. The van der Waals surface area contributed by atoms with Gasteiger partial charge in [-0.2, -0.15) is 12.6 Å². The molecule has 1 saturated carbocycles. The van der Waals surface area contributed by atoms with Crippen LogP contribution in [0.1, 0.15) is 12.8 Å². The Hall–Kier alpha value is 0.400. The van der Waals surface area contributed by atoms with Crippen molar-refractivity contribution in [3.63, 3.8) is 0 Å². The van der Waals surface area contributed by atoms with Gasteiger partial charge in [0.2, 0.25) is 0 Å². The van der Waals surface area contributed by atoms with Gasteiger partial charge in [-0.15, -0.1) is 11.8 Å². The van der Waals surface area contributed by atoms with E-state index in [1.807, 2.05) is 11.8 Å².